The molecule has 0 aliphatic heterocycles. The first kappa shape index (κ1) is 20.9. The third kappa shape index (κ3) is 4.57. The molecule has 5 nitrogen and oxygen atoms in total. The van der Waals surface area contributed by atoms with Crippen LogP contribution in [0.1, 0.15) is 12.0 Å². The number of para-hydroxylation sites is 1. The first-order chi connectivity index (χ1) is 15.1. The summed E-state index contributed by atoms with van der Waals surface area (Å²) in [5, 5.41) is 1.19. The van der Waals surface area contributed by atoms with Crippen molar-refractivity contribution in [1.29, 1.82) is 0 Å². The number of aromatic nitrogens is 2. The lowest BCUT2D eigenvalue weighted by Gasteiger charge is -2.15. The molecule has 0 spiro atoms. The van der Waals surface area contributed by atoms with Gasteiger partial charge in [-0.15, -0.1) is 0 Å². The topological polar surface area (TPSA) is 53.3 Å². The molecule has 0 radical (unpaired) electrons. The normalized spacial score (nSPS) is 10.9. The predicted molar refractivity (Wildman–Crippen MR) is 124 cm³/mol. The van der Waals surface area contributed by atoms with E-state index in [-0.39, 0.29) is 5.56 Å². The molecule has 0 amide bonds. The molecule has 0 atom stereocenters. The molecular formula is C25H23ClN2O3. The number of halogens is 1. The highest BCUT2D eigenvalue weighted by atomic mass is 35.5. The van der Waals surface area contributed by atoms with E-state index in [4.69, 9.17) is 26.1 Å². The summed E-state index contributed by atoms with van der Waals surface area (Å²) >= 11 is 6.25. The second-order valence-electron chi connectivity index (χ2n) is 7.27. The Balaban J connectivity index is 1.61. The summed E-state index contributed by atoms with van der Waals surface area (Å²) in [6.45, 7) is 2.89. The van der Waals surface area contributed by atoms with Gasteiger partial charge in [-0.2, -0.15) is 0 Å². The van der Waals surface area contributed by atoms with Crippen LogP contribution in [0.5, 0.6) is 11.5 Å². The molecule has 0 saturated carbocycles. The van der Waals surface area contributed by atoms with Crippen LogP contribution in [0.25, 0.3) is 22.3 Å². The van der Waals surface area contributed by atoms with Crippen LogP contribution in [0.4, 0.5) is 0 Å². The molecule has 31 heavy (non-hydrogen) atoms. The lowest BCUT2D eigenvalue weighted by molar-refractivity contribution is 0.301. The highest BCUT2D eigenvalue weighted by Gasteiger charge is 2.13. The molecule has 1 heterocycles. The van der Waals surface area contributed by atoms with Crippen LogP contribution in [-0.4, -0.2) is 23.3 Å². The van der Waals surface area contributed by atoms with Crippen molar-refractivity contribution in [2.24, 2.45) is 0 Å². The largest absolute Gasteiger partial charge is 0.497 e. The molecule has 0 aliphatic carbocycles. The SMILES string of the molecule is COc1ccc(-c2nc3ccccc3c(=O)n2CCCOc2ccc(C)cc2Cl)cc1. The molecule has 0 fully saturated rings. The van der Waals surface area contributed by atoms with Crippen LogP contribution in [-0.2, 0) is 6.54 Å². The number of hydrogen-bond donors (Lipinski definition) is 0. The molecule has 0 bridgehead atoms. The Hall–Kier alpha value is -3.31. The standard InChI is InChI=1S/C25H23ClN2O3/c1-17-8-13-23(21(26)16-17)31-15-5-14-28-24(18-9-11-19(30-2)12-10-18)27-22-7-4-3-6-20(22)25(28)29/h3-4,6-13,16H,5,14-15H2,1-2H3. The molecule has 0 unspecified atom stereocenters. The summed E-state index contributed by atoms with van der Waals surface area (Å²) in [5.41, 5.74) is 2.54. The number of nitrogens with zero attached hydrogens (tertiary/aromatic N) is 2. The lowest BCUT2D eigenvalue weighted by Crippen LogP contribution is -2.24. The average Bonchev–Trinajstić information content (AvgIpc) is 2.79. The van der Waals surface area contributed by atoms with E-state index >= 15 is 0 Å². The first-order valence-corrected chi connectivity index (χ1v) is 10.5. The summed E-state index contributed by atoms with van der Waals surface area (Å²) < 4.78 is 12.8. The van der Waals surface area contributed by atoms with Crippen LogP contribution < -0.4 is 15.0 Å². The second-order valence-corrected chi connectivity index (χ2v) is 7.68. The number of hydrogen-bond acceptors (Lipinski definition) is 4. The van der Waals surface area contributed by atoms with Gasteiger partial charge in [-0.1, -0.05) is 29.8 Å². The molecule has 0 saturated heterocycles. The fourth-order valence-electron chi connectivity index (χ4n) is 3.46. The van der Waals surface area contributed by atoms with Gasteiger partial charge in [-0.25, -0.2) is 4.98 Å². The van der Waals surface area contributed by atoms with Gasteiger partial charge in [0.05, 0.1) is 29.6 Å². The zero-order chi connectivity index (χ0) is 21.8. The first-order valence-electron chi connectivity index (χ1n) is 10.1. The van der Waals surface area contributed by atoms with Crippen molar-refractivity contribution >= 4 is 22.5 Å². The molecule has 4 aromatic rings. The zero-order valence-corrected chi connectivity index (χ0v) is 18.2. The Morgan fingerprint density at radius 1 is 1.03 bits per heavy atom. The van der Waals surface area contributed by atoms with Gasteiger partial charge in [0.1, 0.15) is 17.3 Å². The van der Waals surface area contributed by atoms with Gasteiger partial charge in [0.15, 0.2) is 0 Å². The minimum atomic E-state index is -0.0650. The van der Waals surface area contributed by atoms with Crippen molar-refractivity contribution < 1.29 is 9.47 Å². The van der Waals surface area contributed by atoms with Gasteiger partial charge < -0.3 is 9.47 Å². The Labute approximate surface area is 185 Å². The molecule has 4 rings (SSSR count). The van der Waals surface area contributed by atoms with E-state index < -0.39 is 0 Å². The monoisotopic (exact) mass is 434 g/mol. The van der Waals surface area contributed by atoms with Crippen LogP contribution in [0.3, 0.4) is 0 Å². The fourth-order valence-corrected chi connectivity index (χ4v) is 3.75. The van der Waals surface area contributed by atoms with Crippen molar-refractivity contribution in [3.05, 3.63) is 87.7 Å². The smallest absolute Gasteiger partial charge is 0.261 e. The number of ether oxygens (including phenoxy) is 2. The molecular weight excluding hydrogens is 412 g/mol. The zero-order valence-electron chi connectivity index (χ0n) is 17.5. The van der Waals surface area contributed by atoms with Crippen molar-refractivity contribution in [3.8, 4) is 22.9 Å². The summed E-state index contributed by atoms with van der Waals surface area (Å²) in [6.07, 6.45) is 0.632. The maximum Gasteiger partial charge on any atom is 0.261 e. The van der Waals surface area contributed by atoms with Crippen LogP contribution in [0.15, 0.2) is 71.5 Å². The Kier molecular flexibility index (Phi) is 6.23. The summed E-state index contributed by atoms with van der Waals surface area (Å²) in [4.78, 5) is 18.0. The number of benzene rings is 3. The Morgan fingerprint density at radius 3 is 2.55 bits per heavy atom. The summed E-state index contributed by atoms with van der Waals surface area (Å²) in [5.74, 6) is 2.02. The van der Waals surface area contributed by atoms with Crippen LogP contribution in [0, 0.1) is 6.92 Å². The maximum absolute atomic E-state index is 13.2. The van der Waals surface area contributed by atoms with Gasteiger partial charge in [-0.3, -0.25) is 9.36 Å². The predicted octanol–water partition coefficient (Wildman–Crippen LogP) is 5.50. The van der Waals surface area contributed by atoms with Gasteiger partial charge in [0, 0.05) is 12.1 Å². The van der Waals surface area contributed by atoms with Crippen LogP contribution >= 0.6 is 11.6 Å². The third-order valence-electron chi connectivity index (χ3n) is 5.08. The van der Waals surface area contributed by atoms with E-state index in [2.05, 4.69) is 0 Å². The highest BCUT2D eigenvalue weighted by molar-refractivity contribution is 6.32. The fraction of sp³-hybridized carbons (Fsp3) is 0.200. The number of methoxy groups -OCH3 is 1. The summed E-state index contributed by atoms with van der Waals surface area (Å²) in [6, 6.07) is 20.6. The second kappa shape index (κ2) is 9.23. The summed E-state index contributed by atoms with van der Waals surface area (Å²) in [7, 11) is 1.62. The third-order valence-corrected chi connectivity index (χ3v) is 5.38. The number of fused-ring (bicyclic) bond motifs is 1. The quantitative estimate of drug-likeness (QED) is 0.360. The average molecular weight is 435 g/mol. The molecule has 3 aromatic carbocycles. The molecule has 1 aromatic heterocycles. The van der Waals surface area contributed by atoms with Crippen LogP contribution in [0.2, 0.25) is 5.02 Å². The Bertz CT molecular complexity index is 1270. The van der Waals surface area contributed by atoms with Gasteiger partial charge >= 0.3 is 0 Å². The minimum absolute atomic E-state index is 0.0650. The van der Waals surface area contributed by atoms with E-state index in [0.29, 0.717) is 47.1 Å². The molecule has 0 N–H and O–H groups in total. The van der Waals surface area contributed by atoms with Crippen molar-refractivity contribution in [2.45, 2.75) is 19.9 Å². The molecule has 6 heteroatoms. The Morgan fingerprint density at radius 2 is 1.81 bits per heavy atom. The van der Waals surface area contributed by atoms with E-state index in [9.17, 15) is 4.79 Å². The van der Waals surface area contributed by atoms with E-state index in [1.165, 1.54) is 0 Å². The van der Waals surface area contributed by atoms with Gasteiger partial charge in [-0.05, 0) is 67.4 Å². The van der Waals surface area contributed by atoms with Gasteiger partial charge in [0.25, 0.3) is 5.56 Å². The molecule has 0 aliphatic rings. The van der Waals surface area contributed by atoms with Crippen molar-refractivity contribution in [1.82, 2.24) is 9.55 Å². The number of rotatable bonds is 7. The molecule has 158 valence electrons. The van der Waals surface area contributed by atoms with Gasteiger partial charge in [0.2, 0.25) is 0 Å². The van der Waals surface area contributed by atoms with Crippen molar-refractivity contribution in [2.75, 3.05) is 13.7 Å². The lowest BCUT2D eigenvalue weighted by atomic mass is 10.1. The minimum Gasteiger partial charge on any atom is -0.497 e. The van der Waals surface area contributed by atoms with E-state index in [1.807, 2.05) is 73.7 Å². The highest BCUT2D eigenvalue weighted by Crippen LogP contribution is 2.26. The number of aryl methyl sites for hydroxylation is 1. The maximum atomic E-state index is 13.2. The van der Waals surface area contributed by atoms with E-state index in [0.717, 1.165) is 16.9 Å². The van der Waals surface area contributed by atoms with Crippen molar-refractivity contribution in [3.63, 3.8) is 0 Å². The van der Waals surface area contributed by atoms with E-state index in [1.54, 1.807) is 11.7 Å².